The zero-order valence-corrected chi connectivity index (χ0v) is 14.1. The van der Waals surface area contributed by atoms with Crippen molar-refractivity contribution in [1.82, 2.24) is 5.32 Å². The monoisotopic (exact) mass is 366 g/mol. The first kappa shape index (κ1) is 18.8. The third-order valence-corrected chi connectivity index (χ3v) is 4.37. The molecule has 1 amide bonds. The fourth-order valence-corrected chi connectivity index (χ4v) is 2.86. The second-order valence-electron chi connectivity index (χ2n) is 4.14. The van der Waals surface area contributed by atoms with Crippen molar-refractivity contribution in [3.05, 3.63) is 28.7 Å². The zero-order chi connectivity index (χ0) is 13.4. The maximum Gasteiger partial charge on any atom is 0.220 e. The zero-order valence-electron chi connectivity index (χ0n) is 10.9. The molecule has 0 saturated carbocycles. The third kappa shape index (κ3) is 8.52. The van der Waals surface area contributed by atoms with E-state index in [0.29, 0.717) is 13.0 Å². The molecule has 0 fully saturated rings. The van der Waals surface area contributed by atoms with Gasteiger partial charge in [-0.25, -0.2) is 0 Å². The minimum absolute atomic E-state index is 0. The number of amides is 1. The molecule has 0 spiro atoms. The van der Waals surface area contributed by atoms with E-state index in [1.54, 1.807) is 11.8 Å². The van der Waals surface area contributed by atoms with Gasteiger partial charge >= 0.3 is 0 Å². The number of nitrogens with one attached hydrogen (secondary N) is 1. The lowest BCUT2D eigenvalue weighted by molar-refractivity contribution is -0.120. The molecular formula is C13H20BrClN2OS. The van der Waals surface area contributed by atoms with E-state index < -0.39 is 0 Å². The Bertz CT molecular complexity index is 391. The predicted octanol–water partition coefficient (Wildman–Crippen LogP) is 3.21. The number of rotatable bonds is 7. The minimum atomic E-state index is 0. The fourth-order valence-electron chi connectivity index (χ4n) is 1.34. The molecule has 1 aromatic rings. The van der Waals surface area contributed by atoms with E-state index in [1.165, 1.54) is 4.90 Å². The van der Waals surface area contributed by atoms with Crippen LogP contribution in [0.15, 0.2) is 33.6 Å². The van der Waals surface area contributed by atoms with Crippen LogP contribution in [0.25, 0.3) is 0 Å². The van der Waals surface area contributed by atoms with Gasteiger partial charge in [-0.2, -0.15) is 0 Å². The average Bonchev–Trinajstić information content (AvgIpc) is 2.31. The number of carbonyl (C=O) groups is 1. The van der Waals surface area contributed by atoms with Gasteiger partial charge in [-0.1, -0.05) is 12.1 Å². The van der Waals surface area contributed by atoms with Crippen molar-refractivity contribution in [2.75, 3.05) is 12.3 Å². The summed E-state index contributed by atoms with van der Waals surface area (Å²) >= 11 is 5.17. The quantitative estimate of drug-likeness (QED) is 0.728. The van der Waals surface area contributed by atoms with Gasteiger partial charge in [-0.05, 0) is 41.4 Å². The number of halogens is 2. The first-order chi connectivity index (χ1) is 8.59. The molecule has 0 radical (unpaired) electrons. The van der Waals surface area contributed by atoms with Gasteiger partial charge in [-0.3, -0.25) is 4.79 Å². The van der Waals surface area contributed by atoms with Crippen LogP contribution in [0.3, 0.4) is 0 Å². The van der Waals surface area contributed by atoms with Crippen LogP contribution in [-0.4, -0.2) is 24.2 Å². The summed E-state index contributed by atoms with van der Waals surface area (Å²) in [6.45, 7) is 2.60. The van der Waals surface area contributed by atoms with Gasteiger partial charge in [-0.15, -0.1) is 24.2 Å². The van der Waals surface area contributed by atoms with Gasteiger partial charge in [0, 0.05) is 34.1 Å². The Balaban J connectivity index is 0.00000324. The van der Waals surface area contributed by atoms with E-state index >= 15 is 0 Å². The second-order valence-corrected chi connectivity index (χ2v) is 6.14. The first-order valence-electron chi connectivity index (χ1n) is 5.99. The summed E-state index contributed by atoms with van der Waals surface area (Å²) in [5, 5.41) is 2.87. The standard InChI is InChI=1S/C13H19BrN2OS.ClH/c1-10(15)6-8-16-13(17)7-9-18-12-5-3-2-4-11(12)14;/h2-5,10H,6-9,15H2,1H3,(H,16,17);1H. The Morgan fingerprint density at radius 3 is 2.79 bits per heavy atom. The van der Waals surface area contributed by atoms with Crippen LogP contribution >= 0.6 is 40.1 Å². The smallest absolute Gasteiger partial charge is 0.220 e. The van der Waals surface area contributed by atoms with Crippen LogP contribution < -0.4 is 11.1 Å². The molecular weight excluding hydrogens is 348 g/mol. The number of hydrogen-bond acceptors (Lipinski definition) is 3. The highest BCUT2D eigenvalue weighted by atomic mass is 79.9. The number of nitrogens with two attached hydrogens (primary N) is 1. The van der Waals surface area contributed by atoms with E-state index in [4.69, 9.17) is 5.73 Å². The predicted molar refractivity (Wildman–Crippen MR) is 88.0 cm³/mol. The van der Waals surface area contributed by atoms with E-state index in [2.05, 4.69) is 21.2 Å². The molecule has 0 aliphatic carbocycles. The SMILES string of the molecule is CC(N)CCNC(=O)CCSc1ccccc1Br.Cl. The van der Waals surface area contributed by atoms with E-state index in [9.17, 15) is 4.79 Å². The van der Waals surface area contributed by atoms with Gasteiger partial charge in [0.05, 0.1) is 0 Å². The summed E-state index contributed by atoms with van der Waals surface area (Å²) in [5.74, 6) is 0.877. The van der Waals surface area contributed by atoms with Gasteiger partial charge in [0.25, 0.3) is 0 Å². The largest absolute Gasteiger partial charge is 0.356 e. The van der Waals surface area contributed by atoms with Crippen LogP contribution in [0.1, 0.15) is 19.8 Å². The summed E-state index contributed by atoms with van der Waals surface area (Å²) in [6, 6.07) is 8.17. The molecule has 1 aromatic carbocycles. The number of thioether (sulfide) groups is 1. The molecule has 0 aliphatic rings. The Morgan fingerprint density at radius 2 is 2.16 bits per heavy atom. The summed E-state index contributed by atoms with van der Waals surface area (Å²) in [6.07, 6.45) is 1.36. The number of carbonyl (C=O) groups excluding carboxylic acids is 1. The number of benzene rings is 1. The molecule has 108 valence electrons. The van der Waals surface area contributed by atoms with Gasteiger partial charge in [0.15, 0.2) is 0 Å². The lowest BCUT2D eigenvalue weighted by Crippen LogP contribution is -2.29. The summed E-state index contributed by atoms with van der Waals surface area (Å²) in [7, 11) is 0. The second kappa shape index (κ2) is 10.5. The molecule has 6 heteroatoms. The molecule has 1 atom stereocenters. The minimum Gasteiger partial charge on any atom is -0.356 e. The maximum absolute atomic E-state index is 11.5. The lowest BCUT2D eigenvalue weighted by Gasteiger charge is -2.07. The number of hydrogen-bond donors (Lipinski definition) is 2. The highest BCUT2D eigenvalue weighted by molar-refractivity contribution is 9.10. The van der Waals surface area contributed by atoms with E-state index in [0.717, 1.165) is 16.6 Å². The fraction of sp³-hybridized carbons (Fsp3) is 0.462. The van der Waals surface area contributed by atoms with Crippen LogP contribution in [-0.2, 0) is 4.79 Å². The summed E-state index contributed by atoms with van der Waals surface area (Å²) in [4.78, 5) is 12.7. The Kier molecular flexibility index (Phi) is 10.4. The molecule has 1 unspecified atom stereocenters. The highest BCUT2D eigenvalue weighted by Crippen LogP contribution is 2.27. The molecule has 1 rings (SSSR count). The Morgan fingerprint density at radius 1 is 1.47 bits per heavy atom. The molecule has 19 heavy (non-hydrogen) atoms. The Labute approximate surface area is 133 Å². The molecule has 0 bridgehead atoms. The van der Waals surface area contributed by atoms with Crippen molar-refractivity contribution in [3.63, 3.8) is 0 Å². The lowest BCUT2D eigenvalue weighted by atomic mass is 10.2. The van der Waals surface area contributed by atoms with Gasteiger partial charge < -0.3 is 11.1 Å². The third-order valence-electron chi connectivity index (χ3n) is 2.35. The van der Waals surface area contributed by atoms with Gasteiger partial charge in [0.1, 0.15) is 0 Å². The first-order valence-corrected chi connectivity index (χ1v) is 7.77. The van der Waals surface area contributed by atoms with Crippen molar-refractivity contribution in [3.8, 4) is 0 Å². The molecule has 0 aliphatic heterocycles. The molecule has 3 nitrogen and oxygen atoms in total. The van der Waals surface area contributed by atoms with Crippen LogP contribution in [0, 0.1) is 0 Å². The molecule has 0 saturated heterocycles. The normalized spacial score (nSPS) is 11.5. The van der Waals surface area contributed by atoms with E-state index in [-0.39, 0.29) is 24.4 Å². The van der Waals surface area contributed by atoms with Crippen LogP contribution in [0.4, 0.5) is 0 Å². The van der Waals surface area contributed by atoms with Crippen molar-refractivity contribution >= 4 is 46.0 Å². The van der Waals surface area contributed by atoms with E-state index in [1.807, 2.05) is 31.2 Å². The van der Waals surface area contributed by atoms with Crippen molar-refractivity contribution in [1.29, 1.82) is 0 Å². The maximum atomic E-state index is 11.5. The molecule has 3 N–H and O–H groups in total. The topological polar surface area (TPSA) is 55.1 Å². The Hall–Kier alpha value is -0.230. The van der Waals surface area contributed by atoms with Crippen molar-refractivity contribution in [2.24, 2.45) is 5.73 Å². The van der Waals surface area contributed by atoms with Crippen LogP contribution in [0.5, 0.6) is 0 Å². The summed E-state index contributed by atoms with van der Waals surface area (Å²) < 4.78 is 1.08. The molecule has 0 heterocycles. The molecule has 0 aromatic heterocycles. The summed E-state index contributed by atoms with van der Waals surface area (Å²) in [5.41, 5.74) is 5.61. The van der Waals surface area contributed by atoms with Crippen LogP contribution in [0.2, 0.25) is 0 Å². The van der Waals surface area contributed by atoms with Gasteiger partial charge in [0.2, 0.25) is 5.91 Å². The average molecular weight is 368 g/mol. The van der Waals surface area contributed by atoms with Crippen molar-refractivity contribution < 1.29 is 4.79 Å². The van der Waals surface area contributed by atoms with Crippen molar-refractivity contribution in [2.45, 2.75) is 30.7 Å². The highest BCUT2D eigenvalue weighted by Gasteiger charge is 2.04.